The number of nitrogens with zero attached hydrogens (tertiary/aromatic N) is 3. The second kappa shape index (κ2) is 7.26. The standard InChI is InChI=1S/C21H16FN3O2/c1-14-10-17(15(2)24(14)21-5-3-4-19(22)12-21)11-18(13-23)16-6-8-20(9-7-16)25(26)27/h3-12H,1-2H3/b18-11-. The number of nitriles is 1. The molecule has 0 bridgehead atoms. The van der Waals surface area contributed by atoms with Crippen molar-refractivity contribution in [2.45, 2.75) is 13.8 Å². The number of halogens is 1. The molecule has 0 N–H and O–H groups in total. The third kappa shape index (κ3) is 3.62. The van der Waals surface area contributed by atoms with E-state index in [1.165, 1.54) is 24.3 Å². The number of rotatable bonds is 4. The van der Waals surface area contributed by atoms with Gasteiger partial charge in [-0.25, -0.2) is 4.39 Å². The Morgan fingerprint density at radius 3 is 2.48 bits per heavy atom. The van der Waals surface area contributed by atoms with Gasteiger partial charge in [-0.2, -0.15) is 5.26 Å². The zero-order valence-corrected chi connectivity index (χ0v) is 14.8. The van der Waals surface area contributed by atoms with Crippen molar-refractivity contribution in [2.24, 2.45) is 0 Å². The molecule has 27 heavy (non-hydrogen) atoms. The lowest BCUT2D eigenvalue weighted by atomic mass is 10.0. The van der Waals surface area contributed by atoms with E-state index in [4.69, 9.17) is 0 Å². The van der Waals surface area contributed by atoms with Crippen molar-refractivity contribution in [1.29, 1.82) is 5.26 Å². The van der Waals surface area contributed by atoms with Gasteiger partial charge in [-0.1, -0.05) is 6.07 Å². The summed E-state index contributed by atoms with van der Waals surface area (Å²) in [5.74, 6) is -0.319. The molecular formula is C21H16FN3O2. The first-order valence-electron chi connectivity index (χ1n) is 8.22. The van der Waals surface area contributed by atoms with Crippen LogP contribution in [0.5, 0.6) is 0 Å². The van der Waals surface area contributed by atoms with Gasteiger partial charge >= 0.3 is 0 Å². The number of nitro benzene ring substituents is 1. The quantitative estimate of drug-likeness (QED) is 0.364. The number of hydrogen-bond donors (Lipinski definition) is 0. The van der Waals surface area contributed by atoms with Crippen LogP contribution in [0.4, 0.5) is 10.1 Å². The van der Waals surface area contributed by atoms with Crippen molar-refractivity contribution in [3.8, 4) is 11.8 Å². The highest BCUT2D eigenvalue weighted by atomic mass is 19.1. The minimum atomic E-state index is -0.480. The molecule has 134 valence electrons. The number of benzene rings is 2. The van der Waals surface area contributed by atoms with Gasteiger partial charge in [0.1, 0.15) is 5.82 Å². The first-order valence-corrected chi connectivity index (χ1v) is 8.22. The van der Waals surface area contributed by atoms with Gasteiger partial charge in [-0.3, -0.25) is 10.1 Å². The molecule has 3 aromatic rings. The molecule has 0 saturated heterocycles. The van der Waals surface area contributed by atoms with Gasteiger partial charge in [-0.15, -0.1) is 0 Å². The molecular weight excluding hydrogens is 345 g/mol. The number of aryl methyl sites for hydroxylation is 1. The Bertz CT molecular complexity index is 1090. The van der Waals surface area contributed by atoms with Crippen LogP contribution >= 0.6 is 0 Å². The molecule has 0 amide bonds. The summed E-state index contributed by atoms with van der Waals surface area (Å²) in [6, 6.07) is 16.2. The van der Waals surface area contributed by atoms with Gasteiger partial charge in [0.25, 0.3) is 5.69 Å². The number of non-ortho nitro benzene ring substituents is 1. The average molecular weight is 361 g/mol. The molecule has 1 heterocycles. The summed E-state index contributed by atoms with van der Waals surface area (Å²) in [4.78, 5) is 10.3. The fourth-order valence-electron chi connectivity index (χ4n) is 3.04. The Hall–Kier alpha value is -3.72. The Morgan fingerprint density at radius 2 is 1.89 bits per heavy atom. The first-order chi connectivity index (χ1) is 12.9. The van der Waals surface area contributed by atoms with Gasteiger partial charge in [-0.05, 0) is 67.4 Å². The summed E-state index contributed by atoms with van der Waals surface area (Å²) < 4.78 is 15.5. The summed E-state index contributed by atoms with van der Waals surface area (Å²) >= 11 is 0. The molecule has 0 radical (unpaired) electrons. The second-order valence-corrected chi connectivity index (χ2v) is 6.12. The van der Waals surface area contributed by atoms with Gasteiger partial charge in [0.05, 0.1) is 16.6 Å². The van der Waals surface area contributed by atoms with Gasteiger partial charge in [0, 0.05) is 29.2 Å². The molecule has 0 aliphatic heterocycles. The van der Waals surface area contributed by atoms with Gasteiger partial charge < -0.3 is 4.57 Å². The highest BCUT2D eigenvalue weighted by molar-refractivity contribution is 5.90. The predicted octanol–water partition coefficient (Wildman–Crippen LogP) is 5.21. The Balaban J connectivity index is 2.04. The Kier molecular flexibility index (Phi) is 4.86. The van der Waals surface area contributed by atoms with Crippen LogP contribution in [-0.2, 0) is 0 Å². The summed E-state index contributed by atoms with van der Waals surface area (Å²) in [6.07, 6.45) is 1.74. The summed E-state index contributed by atoms with van der Waals surface area (Å²) in [5.41, 5.74) is 4.27. The van der Waals surface area contributed by atoms with Crippen LogP contribution in [0.2, 0.25) is 0 Å². The largest absolute Gasteiger partial charge is 0.318 e. The van der Waals surface area contributed by atoms with Crippen LogP contribution in [0.25, 0.3) is 17.3 Å². The topological polar surface area (TPSA) is 71.9 Å². The lowest BCUT2D eigenvalue weighted by Gasteiger charge is -2.09. The van der Waals surface area contributed by atoms with Crippen LogP contribution < -0.4 is 0 Å². The minimum absolute atomic E-state index is 0.0275. The molecule has 0 saturated carbocycles. The molecule has 1 aromatic heterocycles. The van der Waals surface area contributed by atoms with Crippen LogP contribution in [0.1, 0.15) is 22.5 Å². The van der Waals surface area contributed by atoms with E-state index in [-0.39, 0.29) is 11.5 Å². The maximum Gasteiger partial charge on any atom is 0.269 e. The van der Waals surface area contributed by atoms with Gasteiger partial charge in [0.15, 0.2) is 0 Å². The highest BCUT2D eigenvalue weighted by Crippen LogP contribution is 2.26. The van der Waals surface area contributed by atoms with Crippen molar-refractivity contribution in [2.75, 3.05) is 0 Å². The van der Waals surface area contributed by atoms with Crippen molar-refractivity contribution >= 4 is 17.3 Å². The molecule has 0 atom stereocenters. The lowest BCUT2D eigenvalue weighted by molar-refractivity contribution is -0.384. The highest BCUT2D eigenvalue weighted by Gasteiger charge is 2.12. The molecule has 0 fully saturated rings. The molecule has 3 rings (SSSR count). The molecule has 0 unspecified atom stereocenters. The number of hydrogen-bond acceptors (Lipinski definition) is 3. The SMILES string of the molecule is Cc1cc(/C=C(/C#N)c2ccc([N+](=O)[O-])cc2)c(C)n1-c1cccc(F)c1. The minimum Gasteiger partial charge on any atom is -0.318 e. The lowest BCUT2D eigenvalue weighted by Crippen LogP contribution is -1.99. The van der Waals surface area contributed by atoms with E-state index in [1.54, 1.807) is 24.3 Å². The predicted molar refractivity (Wildman–Crippen MR) is 102 cm³/mol. The first kappa shape index (κ1) is 18.1. The van der Waals surface area contributed by atoms with E-state index in [2.05, 4.69) is 6.07 Å². The molecule has 5 nitrogen and oxygen atoms in total. The maximum absolute atomic E-state index is 13.6. The smallest absolute Gasteiger partial charge is 0.269 e. The number of allylic oxidation sites excluding steroid dienone is 1. The summed E-state index contributed by atoms with van der Waals surface area (Å²) in [5, 5.41) is 20.3. The zero-order valence-electron chi connectivity index (χ0n) is 14.8. The van der Waals surface area contributed by atoms with E-state index >= 15 is 0 Å². The second-order valence-electron chi connectivity index (χ2n) is 6.12. The Morgan fingerprint density at radius 1 is 1.19 bits per heavy atom. The maximum atomic E-state index is 13.6. The van der Waals surface area contributed by atoms with Crippen LogP contribution in [-0.4, -0.2) is 9.49 Å². The van der Waals surface area contributed by atoms with Crippen LogP contribution in [0.15, 0.2) is 54.6 Å². The Labute approximate surface area is 155 Å². The van der Waals surface area contributed by atoms with E-state index in [0.717, 1.165) is 17.0 Å². The van der Waals surface area contributed by atoms with Crippen molar-refractivity contribution < 1.29 is 9.31 Å². The monoisotopic (exact) mass is 361 g/mol. The summed E-state index contributed by atoms with van der Waals surface area (Å²) in [6.45, 7) is 3.81. The van der Waals surface area contributed by atoms with Crippen LogP contribution in [0.3, 0.4) is 0 Å². The van der Waals surface area contributed by atoms with Crippen molar-refractivity contribution in [3.05, 3.63) is 93.0 Å². The van der Waals surface area contributed by atoms with E-state index in [1.807, 2.05) is 30.5 Å². The number of aromatic nitrogens is 1. The van der Waals surface area contributed by atoms with E-state index < -0.39 is 4.92 Å². The zero-order chi connectivity index (χ0) is 19.6. The third-order valence-electron chi connectivity index (χ3n) is 4.35. The van der Waals surface area contributed by atoms with Crippen molar-refractivity contribution in [3.63, 3.8) is 0 Å². The average Bonchev–Trinajstić information content (AvgIpc) is 2.93. The normalized spacial score (nSPS) is 11.3. The molecule has 0 spiro atoms. The van der Waals surface area contributed by atoms with E-state index in [0.29, 0.717) is 16.8 Å². The van der Waals surface area contributed by atoms with Crippen molar-refractivity contribution in [1.82, 2.24) is 4.57 Å². The fourth-order valence-corrected chi connectivity index (χ4v) is 3.04. The molecule has 0 aliphatic rings. The van der Waals surface area contributed by atoms with Crippen LogP contribution in [0, 0.1) is 41.1 Å². The van der Waals surface area contributed by atoms with E-state index in [9.17, 15) is 19.8 Å². The molecule has 6 heteroatoms. The summed E-state index contributed by atoms with van der Waals surface area (Å²) in [7, 11) is 0. The fraction of sp³-hybridized carbons (Fsp3) is 0.0952. The molecule has 0 aliphatic carbocycles. The third-order valence-corrected chi connectivity index (χ3v) is 4.35. The van der Waals surface area contributed by atoms with Gasteiger partial charge in [0.2, 0.25) is 0 Å². The molecule has 2 aromatic carbocycles. The number of nitro groups is 1.